The van der Waals surface area contributed by atoms with Crippen LogP contribution in [0.5, 0.6) is 0 Å². The van der Waals surface area contributed by atoms with E-state index in [-0.39, 0.29) is 6.04 Å². The number of aliphatic carboxylic acids is 1. The minimum absolute atomic E-state index is 0.143. The van der Waals surface area contributed by atoms with Crippen molar-refractivity contribution in [2.24, 2.45) is 0 Å². The van der Waals surface area contributed by atoms with Crippen molar-refractivity contribution in [1.82, 2.24) is 4.90 Å². The van der Waals surface area contributed by atoms with Crippen LogP contribution in [0, 0.1) is 6.92 Å². The Bertz CT molecular complexity index is 631. The average molecular weight is 307 g/mol. The van der Waals surface area contributed by atoms with Gasteiger partial charge >= 0.3 is 5.97 Å². The van der Waals surface area contributed by atoms with Crippen LogP contribution < -0.4 is 0 Å². The third kappa shape index (κ3) is 2.20. The van der Waals surface area contributed by atoms with E-state index in [0.29, 0.717) is 0 Å². The largest absolute Gasteiger partial charge is 0.480 e. The fourth-order valence-electron chi connectivity index (χ4n) is 2.99. The van der Waals surface area contributed by atoms with Crippen molar-refractivity contribution >= 4 is 28.6 Å². The van der Waals surface area contributed by atoms with Gasteiger partial charge in [0.25, 0.3) is 0 Å². The molecule has 2 aromatic rings. The van der Waals surface area contributed by atoms with E-state index in [1.54, 1.807) is 22.7 Å². The number of nitrogens with zero attached hydrogens (tertiary/aromatic N) is 1. The molecule has 20 heavy (non-hydrogen) atoms. The second-order valence-electron chi connectivity index (χ2n) is 5.17. The predicted octanol–water partition coefficient (Wildman–Crippen LogP) is 3.86. The molecule has 2 aromatic heterocycles. The number of carboxylic acids is 1. The van der Waals surface area contributed by atoms with Crippen molar-refractivity contribution in [2.45, 2.75) is 32.4 Å². The van der Waals surface area contributed by atoms with Gasteiger partial charge in [0.05, 0.1) is 0 Å². The van der Waals surface area contributed by atoms with Crippen molar-refractivity contribution in [2.75, 3.05) is 6.54 Å². The molecule has 0 radical (unpaired) electrons. The number of aryl methyl sites for hydroxylation is 1. The summed E-state index contributed by atoms with van der Waals surface area (Å²) in [7, 11) is 0. The van der Waals surface area contributed by atoms with Gasteiger partial charge in [0.15, 0.2) is 0 Å². The Balaban J connectivity index is 1.97. The van der Waals surface area contributed by atoms with Gasteiger partial charge in [-0.25, -0.2) is 0 Å². The molecule has 0 amide bonds. The van der Waals surface area contributed by atoms with Crippen LogP contribution in [0.1, 0.15) is 39.9 Å². The van der Waals surface area contributed by atoms with Gasteiger partial charge in [-0.1, -0.05) is 0 Å². The van der Waals surface area contributed by atoms with E-state index in [2.05, 4.69) is 30.2 Å². The van der Waals surface area contributed by atoms with Gasteiger partial charge in [0.2, 0.25) is 0 Å². The number of fused-ring (bicyclic) bond motifs is 1. The number of carbonyl (C=O) groups is 1. The summed E-state index contributed by atoms with van der Waals surface area (Å²) in [4.78, 5) is 16.4. The molecule has 0 aromatic carbocycles. The second-order valence-corrected chi connectivity index (χ2v) is 7.12. The van der Waals surface area contributed by atoms with E-state index in [1.165, 1.54) is 15.3 Å². The first kappa shape index (κ1) is 13.8. The first-order valence-corrected chi connectivity index (χ1v) is 8.44. The second kappa shape index (κ2) is 5.31. The van der Waals surface area contributed by atoms with Gasteiger partial charge < -0.3 is 5.11 Å². The molecule has 0 fully saturated rings. The molecule has 5 heteroatoms. The topological polar surface area (TPSA) is 40.5 Å². The molecule has 1 N–H and O–H groups in total. The maximum Gasteiger partial charge on any atom is 0.325 e. The summed E-state index contributed by atoms with van der Waals surface area (Å²) in [5, 5.41) is 13.7. The molecule has 3 heterocycles. The predicted molar refractivity (Wildman–Crippen MR) is 82.6 cm³/mol. The van der Waals surface area contributed by atoms with E-state index < -0.39 is 12.0 Å². The van der Waals surface area contributed by atoms with Crippen molar-refractivity contribution in [3.63, 3.8) is 0 Å². The number of hydrogen-bond donors (Lipinski definition) is 1. The molecule has 0 saturated heterocycles. The summed E-state index contributed by atoms with van der Waals surface area (Å²) < 4.78 is 0. The molecule has 0 saturated carbocycles. The molecule has 0 aliphatic carbocycles. The Labute approximate surface area is 126 Å². The number of rotatable bonds is 3. The number of thiophene rings is 2. The smallest absolute Gasteiger partial charge is 0.325 e. The molecular weight excluding hydrogens is 290 g/mol. The van der Waals surface area contributed by atoms with Crippen LogP contribution in [0.3, 0.4) is 0 Å². The Hall–Kier alpha value is -1.17. The molecule has 0 bridgehead atoms. The van der Waals surface area contributed by atoms with Gasteiger partial charge in [-0.05, 0) is 54.3 Å². The third-order valence-corrected chi connectivity index (χ3v) is 6.20. The van der Waals surface area contributed by atoms with E-state index >= 15 is 0 Å². The van der Waals surface area contributed by atoms with E-state index in [4.69, 9.17) is 0 Å². The highest BCUT2D eigenvalue weighted by Gasteiger charge is 2.37. The van der Waals surface area contributed by atoms with Crippen LogP contribution in [0.2, 0.25) is 0 Å². The van der Waals surface area contributed by atoms with Crippen LogP contribution >= 0.6 is 22.7 Å². The highest BCUT2D eigenvalue weighted by Crippen LogP contribution is 2.40. The maximum atomic E-state index is 11.8. The van der Waals surface area contributed by atoms with Gasteiger partial charge in [0.1, 0.15) is 6.04 Å². The molecule has 0 spiro atoms. The minimum atomic E-state index is -0.745. The molecule has 1 aliphatic heterocycles. The Morgan fingerprint density at radius 3 is 2.80 bits per heavy atom. The van der Waals surface area contributed by atoms with Crippen LogP contribution in [0.15, 0.2) is 22.9 Å². The monoisotopic (exact) mass is 307 g/mol. The zero-order valence-electron chi connectivity index (χ0n) is 11.5. The Morgan fingerprint density at radius 1 is 1.40 bits per heavy atom. The van der Waals surface area contributed by atoms with E-state index in [9.17, 15) is 9.90 Å². The lowest BCUT2D eigenvalue weighted by Crippen LogP contribution is -2.40. The molecule has 106 valence electrons. The lowest BCUT2D eigenvalue weighted by molar-refractivity contribution is -0.145. The van der Waals surface area contributed by atoms with Crippen molar-refractivity contribution in [3.05, 3.63) is 43.8 Å². The first-order valence-electron chi connectivity index (χ1n) is 6.68. The average Bonchev–Trinajstić information content (AvgIpc) is 3.04. The zero-order valence-corrected chi connectivity index (χ0v) is 13.1. The summed E-state index contributed by atoms with van der Waals surface area (Å²) in [6, 6.07) is 3.70. The van der Waals surface area contributed by atoms with Crippen LogP contribution in [-0.4, -0.2) is 22.5 Å². The fourth-order valence-corrected chi connectivity index (χ4v) is 4.90. The molecule has 3 rings (SSSR count). The van der Waals surface area contributed by atoms with Gasteiger partial charge in [-0.3, -0.25) is 9.69 Å². The third-order valence-electron chi connectivity index (χ3n) is 4.02. The molecule has 2 unspecified atom stereocenters. The van der Waals surface area contributed by atoms with Crippen LogP contribution in [0.4, 0.5) is 0 Å². The quantitative estimate of drug-likeness (QED) is 0.936. The van der Waals surface area contributed by atoms with Crippen LogP contribution in [-0.2, 0) is 11.2 Å². The minimum Gasteiger partial charge on any atom is -0.480 e. The van der Waals surface area contributed by atoms with E-state index in [1.807, 2.05) is 11.4 Å². The van der Waals surface area contributed by atoms with Crippen molar-refractivity contribution in [3.8, 4) is 0 Å². The molecule has 1 aliphatic rings. The highest BCUT2D eigenvalue weighted by molar-refractivity contribution is 7.10. The Kier molecular flexibility index (Phi) is 3.67. The molecule has 2 atom stereocenters. The zero-order chi connectivity index (χ0) is 14.3. The first-order chi connectivity index (χ1) is 9.59. The fraction of sp³-hybridized carbons (Fsp3) is 0.400. The van der Waals surface area contributed by atoms with Crippen LogP contribution in [0.25, 0.3) is 0 Å². The lowest BCUT2D eigenvalue weighted by atomic mass is 9.97. The number of hydrogen-bond acceptors (Lipinski definition) is 4. The summed E-state index contributed by atoms with van der Waals surface area (Å²) in [5.41, 5.74) is 2.23. The van der Waals surface area contributed by atoms with Crippen molar-refractivity contribution < 1.29 is 9.90 Å². The summed E-state index contributed by atoms with van der Waals surface area (Å²) in [6.45, 7) is 5.02. The summed E-state index contributed by atoms with van der Waals surface area (Å²) >= 11 is 3.39. The lowest BCUT2D eigenvalue weighted by Gasteiger charge is -2.37. The maximum absolute atomic E-state index is 11.8. The summed E-state index contributed by atoms with van der Waals surface area (Å²) in [6.07, 6.45) is 0.950. The SMILES string of the molecule is Cc1ccsc1C(C)N1CCc2sccc2C1C(=O)O. The summed E-state index contributed by atoms with van der Waals surface area (Å²) in [5.74, 6) is -0.745. The highest BCUT2D eigenvalue weighted by atomic mass is 32.1. The standard InChI is InChI=1S/C15H17NO2S2/c1-9-4-7-20-14(9)10(2)16-6-3-12-11(5-8-19-12)13(16)15(17)18/h4-5,7-8,10,13H,3,6H2,1-2H3,(H,17,18). The number of carboxylic acid groups (broad SMARTS) is 1. The normalized spacial score (nSPS) is 20.6. The van der Waals surface area contributed by atoms with E-state index in [0.717, 1.165) is 18.5 Å². The van der Waals surface area contributed by atoms with Gasteiger partial charge in [-0.2, -0.15) is 0 Å². The molecule has 3 nitrogen and oxygen atoms in total. The van der Waals surface area contributed by atoms with Crippen molar-refractivity contribution in [1.29, 1.82) is 0 Å². The van der Waals surface area contributed by atoms with Gasteiger partial charge in [0, 0.05) is 22.3 Å². The molecular formula is C15H17NO2S2. The Morgan fingerprint density at radius 2 is 2.15 bits per heavy atom. The van der Waals surface area contributed by atoms with Gasteiger partial charge in [-0.15, -0.1) is 22.7 Å².